The van der Waals surface area contributed by atoms with Crippen LogP contribution in [0.5, 0.6) is 0 Å². The Morgan fingerprint density at radius 3 is 2.00 bits per heavy atom. The van der Waals surface area contributed by atoms with Crippen LogP contribution in [-0.2, 0) is 20.0 Å². The molecule has 10 heteroatoms. The second kappa shape index (κ2) is 6.46. The number of sulfonamides is 2. The second-order valence-electron chi connectivity index (χ2n) is 5.37. The van der Waals surface area contributed by atoms with Gasteiger partial charge in [-0.2, -0.15) is 4.31 Å². The molecule has 1 aromatic carbocycles. The zero-order valence-electron chi connectivity index (χ0n) is 12.9. The molecule has 1 fully saturated rings. The van der Waals surface area contributed by atoms with Crippen LogP contribution >= 0.6 is 0 Å². The highest BCUT2D eigenvalue weighted by atomic mass is 32.2. The molecule has 0 unspecified atom stereocenters. The topological polar surface area (TPSA) is 104 Å². The van der Waals surface area contributed by atoms with E-state index >= 15 is 0 Å². The third-order valence-electron chi connectivity index (χ3n) is 3.55. The molecule has 1 heterocycles. The Morgan fingerprint density at radius 1 is 1.00 bits per heavy atom. The van der Waals surface area contributed by atoms with Gasteiger partial charge in [0.1, 0.15) is 0 Å². The van der Waals surface area contributed by atoms with Crippen LogP contribution in [0.2, 0.25) is 0 Å². The van der Waals surface area contributed by atoms with Gasteiger partial charge in [-0.05, 0) is 19.1 Å². The largest absolute Gasteiger partial charge is 0.331 e. The van der Waals surface area contributed by atoms with Gasteiger partial charge in [-0.25, -0.2) is 26.4 Å². The van der Waals surface area contributed by atoms with Crippen molar-refractivity contribution in [1.29, 1.82) is 0 Å². The van der Waals surface area contributed by atoms with Gasteiger partial charge < -0.3 is 4.90 Å². The highest BCUT2D eigenvalue weighted by molar-refractivity contribution is 7.90. The van der Waals surface area contributed by atoms with E-state index in [4.69, 9.17) is 0 Å². The minimum absolute atomic E-state index is 0.00576. The first-order valence-electron chi connectivity index (χ1n) is 6.93. The van der Waals surface area contributed by atoms with Gasteiger partial charge in [0.25, 0.3) is 10.0 Å². The smallest absolute Gasteiger partial charge is 0.321 e. The predicted octanol–water partition coefficient (Wildman–Crippen LogP) is -0.0295. The van der Waals surface area contributed by atoms with Crippen LogP contribution in [0.1, 0.15) is 5.56 Å². The lowest BCUT2D eigenvalue weighted by molar-refractivity contribution is 0.177. The molecule has 23 heavy (non-hydrogen) atoms. The van der Waals surface area contributed by atoms with Crippen LogP contribution in [0.3, 0.4) is 0 Å². The van der Waals surface area contributed by atoms with Crippen molar-refractivity contribution in [1.82, 2.24) is 13.9 Å². The average molecular weight is 361 g/mol. The molecule has 2 rings (SSSR count). The van der Waals surface area contributed by atoms with Gasteiger partial charge in [-0.1, -0.05) is 17.7 Å². The number of amides is 2. The van der Waals surface area contributed by atoms with Crippen LogP contribution in [0.4, 0.5) is 4.79 Å². The Hall–Kier alpha value is -1.65. The number of nitrogens with one attached hydrogen (secondary N) is 1. The zero-order chi connectivity index (χ0) is 17.3. The summed E-state index contributed by atoms with van der Waals surface area (Å²) < 4.78 is 50.4. The van der Waals surface area contributed by atoms with Crippen molar-refractivity contribution in [3.8, 4) is 0 Å². The number of aryl methyl sites for hydroxylation is 1. The summed E-state index contributed by atoms with van der Waals surface area (Å²) in [6.07, 6.45) is 1.10. The lowest BCUT2D eigenvalue weighted by Gasteiger charge is -2.33. The predicted molar refractivity (Wildman–Crippen MR) is 84.9 cm³/mol. The number of carbonyl (C=O) groups excluding carboxylic acids is 1. The molecule has 1 aromatic rings. The van der Waals surface area contributed by atoms with Crippen LogP contribution in [0.15, 0.2) is 29.2 Å². The number of urea groups is 1. The highest BCUT2D eigenvalue weighted by Crippen LogP contribution is 2.11. The second-order valence-corrected chi connectivity index (χ2v) is 9.04. The molecule has 2 amide bonds. The molecule has 0 aromatic heterocycles. The summed E-state index contributed by atoms with van der Waals surface area (Å²) in [5, 5.41) is 0. The van der Waals surface area contributed by atoms with E-state index in [0.717, 1.165) is 11.8 Å². The van der Waals surface area contributed by atoms with Crippen LogP contribution in [-0.4, -0.2) is 64.5 Å². The Kier molecular flexibility index (Phi) is 4.97. The van der Waals surface area contributed by atoms with Gasteiger partial charge in [-0.15, -0.1) is 0 Å². The fourth-order valence-corrected chi connectivity index (χ4v) is 3.98. The van der Waals surface area contributed by atoms with E-state index in [-0.39, 0.29) is 31.1 Å². The van der Waals surface area contributed by atoms with Crippen molar-refractivity contribution in [3.05, 3.63) is 29.8 Å². The van der Waals surface area contributed by atoms with Gasteiger partial charge in [-0.3, -0.25) is 0 Å². The van der Waals surface area contributed by atoms with Crippen LogP contribution in [0, 0.1) is 6.92 Å². The summed E-state index contributed by atoms with van der Waals surface area (Å²) in [6, 6.07) is 5.38. The van der Waals surface area contributed by atoms with E-state index in [2.05, 4.69) is 0 Å². The molecule has 128 valence electrons. The first kappa shape index (κ1) is 17.7. The molecule has 1 aliphatic rings. The van der Waals surface area contributed by atoms with E-state index in [0.29, 0.717) is 0 Å². The lowest BCUT2D eigenvalue weighted by Crippen LogP contribution is -2.53. The van der Waals surface area contributed by atoms with Crippen LogP contribution in [0.25, 0.3) is 0 Å². The number of carbonyl (C=O) groups is 1. The number of hydrogen-bond donors (Lipinski definition) is 1. The summed E-state index contributed by atoms with van der Waals surface area (Å²) in [6.45, 7) is 2.41. The number of piperazine rings is 1. The fourth-order valence-electron chi connectivity index (χ4n) is 2.18. The SMILES string of the molecule is Cc1ccc(S(=O)(=O)NC(=O)N2CCN(S(C)(=O)=O)CC2)cc1. The molecule has 0 spiro atoms. The zero-order valence-corrected chi connectivity index (χ0v) is 14.5. The van der Waals surface area contributed by atoms with Gasteiger partial charge in [0, 0.05) is 26.2 Å². The highest BCUT2D eigenvalue weighted by Gasteiger charge is 2.28. The third kappa shape index (κ3) is 4.43. The molecule has 1 saturated heterocycles. The number of hydrogen-bond acceptors (Lipinski definition) is 5. The number of benzene rings is 1. The van der Waals surface area contributed by atoms with Crippen molar-refractivity contribution in [2.75, 3.05) is 32.4 Å². The summed E-state index contributed by atoms with van der Waals surface area (Å²) in [5.74, 6) is 0. The molecule has 0 saturated carbocycles. The Bertz CT molecular complexity index is 779. The molecular formula is C13H19N3O5S2. The van der Waals surface area contributed by atoms with E-state index in [1.165, 1.54) is 21.3 Å². The average Bonchev–Trinajstić information content (AvgIpc) is 2.46. The molecule has 8 nitrogen and oxygen atoms in total. The minimum Gasteiger partial charge on any atom is -0.321 e. The van der Waals surface area contributed by atoms with Crippen LogP contribution < -0.4 is 4.72 Å². The Morgan fingerprint density at radius 2 is 1.52 bits per heavy atom. The first-order valence-corrected chi connectivity index (χ1v) is 10.3. The number of rotatable bonds is 3. The van der Waals surface area contributed by atoms with Gasteiger partial charge in [0.2, 0.25) is 10.0 Å². The molecular weight excluding hydrogens is 342 g/mol. The minimum atomic E-state index is -3.94. The van der Waals surface area contributed by atoms with Crippen molar-refractivity contribution in [3.63, 3.8) is 0 Å². The maximum atomic E-state index is 12.2. The van der Waals surface area contributed by atoms with Gasteiger partial charge in [0.05, 0.1) is 11.2 Å². The molecule has 1 aliphatic heterocycles. The van der Waals surface area contributed by atoms with Crippen molar-refractivity contribution >= 4 is 26.1 Å². The van der Waals surface area contributed by atoms with E-state index in [1.54, 1.807) is 12.1 Å². The summed E-state index contributed by atoms with van der Waals surface area (Å²) in [4.78, 5) is 13.4. The maximum Gasteiger partial charge on any atom is 0.331 e. The molecule has 0 aliphatic carbocycles. The van der Waals surface area contributed by atoms with Crippen molar-refractivity contribution in [2.24, 2.45) is 0 Å². The fraction of sp³-hybridized carbons (Fsp3) is 0.462. The number of nitrogens with zero attached hydrogens (tertiary/aromatic N) is 2. The molecule has 0 radical (unpaired) electrons. The third-order valence-corrected chi connectivity index (χ3v) is 6.19. The first-order chi connectivity index (χ1) is 10.6. The lowest BCUT2D eigenvalue weighted by atomic mass is 10.2. The summed E-state index contributed by atoms with van der Waals surface area (Å²) in [5.41, 5.74) is 0.909. The van der Waals surface area contributed by atoms with E-state index in [1.807, 2.05) is 11.6 Å². The van der Waals surface area contributed by atoms with E-state index in [9.17, 15) is 21.6 Å². The maximum absolute atomic E-state index is 12.2. The van der Waals surface area contributed by atoms with Crippen molar-refractivity contribution < 1.29 is 21.6 Å². The molecule has 0 bridgehead atoms. The van der Waals surface area contributed by atoms with Gasteiger partial charge >= 0.3 is 6.03 Å². The normalized spacial score (nSPS) is 17.0. The summed E-state index contributed by atoms with van der Waals surface area (Å²) >= 11 is 0. The summed E-state index contributed by atoms with van der Waals surface area (Å²) in [7, 11) is -7.24. The standard InChI is InChI=1S/C13H19N3O5S2/c1-11-3-5-12(6-4-11)23(20,21)14-13(17)15-7-9-16(10-8-15)22(2,18)19/h3-6H,7-10H2,1-2H3,(H,14,17). The van der Waals surface area contributed by atoms with Crippen molar-refractivity contribution in [2.45, 2.75) is 11.8 Å². The molecule has 1 N–H and O–H groups in total. The Labute approximate surface area is 136 Å². The van der Waals surface area contributed by atoms with E-state index < -0.39 is 26.1 Å². The Balaban J connectivity index is 2.01. The quantitative estimate of drug-likeness (QED) is 0.814. The molecule has 0 atom stereocenters. The monoisotopic (exact) mass is 361 g/mol. The van der Waals surface area contributed by atoms with Gasteiger partial charge in [0.15, 0.2) is 0 Å².